The summed E-state index contributed by atoms with van der Waals surface area (Å²) in [5, 5.41) is 0.856. The number of hydrogen-bond acceptors (Lipinski definition) is 7. The number of aliphatic imine (C=N–C) groups is 1. The van der Waals surface area contributed by atoms with E-state index < -0.39 is 5.79 Å². The smallest absolute Gasteiger partial charge is 0.213 e. The molecule has 0 spiro atoms. The zero-order chi connectivity index (χ0) is 15.7. The van der Waals surface area contributed by atoms with E-state index in [9.17, 15) is 0 Å². The van der Waals surface area contributed by atoms with E-state index >= 15 is 0 Å². The molecule has 9 heteroatoms. The molecule has 2 aromatic rings. The Hall–Kier alpha value is -1.90. The fraction of sp³-hybridized carbons (Fsp3) is 0.143. The molecule has 0 amide bonds. The maximum Gasteiger partial charge on any atom is 0.213 e. The number of hydrazine groups is 1. The lowest BCUT2D eigenvalue weighted by Crippen LogP contribution is -2.49. The minimum atomic E-state index is -1.10. The number of methoxy groups -OCH3 is 1. The van der Waals surface area contributed by atoms with Crippen LogP contribution in [0, 0.1) is 0 Å². The van der Waals surface area contributed by atoms with Gasteiger partial charge in [0.05, 0.1) is 22.8 Å². The molecular formula is C14H16Cl2N6O. The number of aromatic nitrogens is 1. The fourth-order valence-electron chi connectivity index (χ4n) is 2.16. The van der Waals surface area contributed by atoms with Gasteiger partial charge in [-0.2, -0.15) is 5.43 Å². The van der Waals surface area contributed by atoms with Crippen LogP contribution in [0.15, 0.2) is 35.3 Å². The highest BCUT2D eigenvalue weighted by Gasteiger charge is 2.30. The van der Waals surface area contributed by atoms with Crippen LogP contribution in [-0.2, 0) is 5.79 Å². The second-order valence-electron chi connectivity index (χ2n) is 4.67. The molecule has 7 N–H and O–H groups in total. The van der Waals surface area contributed by atoms with Gasteiger partial charge in [-0.25, -0.2) is 9.98 Å². The normalized spacial score (nSPS) is 19.1. The summed E-state index contributed by atoms with van der Waals surface area (Å²) in [4.78, 5) is 8.48. The van der Waals surface area contributed by atoms with Gasteiger partial charge < -0.3 is 16.3 Å². The first-order chi connectivity index (χ1) is 10.5. The van der Waals surface area contributed by atoms with Crippen molar-refractivity contribution in [1.29, 1.82) is 0 Å². The van der Waals surface area contributed by atoms with Crippen LogP contribution in [0.1, 0.15) is 5.56 Å². The van der Waals surface area contributed by atoms with Gasteiger partial charge in [0, 0.05) is 17.2 Å². The number of nitrogens with zero attached hydrogens (tertiary/aromatic N) is 2. The highest BCUT2D eigenvalue weighted by molar-refractivity contribution is 6.39. The number of nitrogens with one attached hydrogen (secondary N) is 2. The molecule has 0 radical (unpaired) electrons. The van der Waals surface area contributed by atoms with Crippen LogP contribution in [0.5, 0.6) is 5.88 Å². The summed E-state index contributed by atoms with van der Waals surface area (Å²) in [5.74, 6) is -0.622. The van der Waals surface area contributed by atoms with Crippen LogP contribution in [0.3, 0.4) is 0 Å². The van der Waals surface area contributed by atoms with Crippen LogP contribution >= 0.6 is 23.2 Å². The predicted molar refractivity (Wildman–Crippen MR) is 91.9 cm³/mol. The average Bonchev–Trinajstić information content (AvgIpc) is 2.95. The standard InChI is InChI=1S/C14H13Cl2N5O.H3N/c1-22-12-4-2-3-11(20-12)13-9(15)5-8(6-10(13)16)14(17)18-7-19-21-14;/h2-7,21H,17H2,1H3,(H,18,19);1H3. The van der Waals surface area contributed by atoms with Crippen molar-refractivity contribution in [2.75, 3.05) is 7.11 Å². The van der Waals surface area contributed by atoms with Crippen molar-refractivity contribution in [2.45, 2.75) is 5.79 Å². The van der Waals surface area contributed by atoms with Gasteiger partial charge in [0.25, 0.3) is 0 Å². The van der Waals surface area contributed by atoms with E-state index in [-0.39, 0.29) is 6.15 Å². The maximum atomic E-state index is 6.38. The van der Waals surface area contributed by atoms with Crippen LogP contribution in [0.25, 0.3) is 11.3 Å². The van der Waals surface area contributed by atoms with E-state index in [1.54, 1.807) is 31.4 Å². The molecule has 0 aliphatic carbocycles. The molecule has 1 aromatic heterocycles. The largest absolute Gasteiger partial charge is 0.481 e. The third kappa shape index (κ3) is 3.24. The summed E-state index contributed by atoms with van der Waals surface area (Å²) in [5.41, 5.74) is 13.6. The van der Waals surface area contributed by atoms with Crippen molar-refractivity contribution in [3.63, 3.8) is 0 Å². The third-order valence-electron chi connectivity index (χ3n) is 3.27. The van der Waals surface area contributed by atoms with E-state index in [0.717, 1.165) is 0 Å². The molecule has 0 saturated carbocycles. The second-order valence-corrected chi connectivity index (χ2v) is 5.49. The quantitative estimate of drug-likeness (QED) is 0.671. The van der Waals surface area contributed by atoms with E-state index in [0.29, 0.717) is 32.7 Å². The van der Waals surface area contributed by atoms with Crippen LogP contribution in [-0.4, -0.2) is 18.4 Å². The third-order valence-corrected chi connectivity index (χ3v) is 3.86. The molecule has 1 atom stereocenters. The summed E-state index contributed by atoms with van der Waals surface area (Å²) in [6, 6.07) is 8.79. The van der Waals surface area contributed by atoms with Gasteiger partial charge in [0.15, 0.2) is 0 Å². The number of nitrogens with two attached hydrogens (primary N) is 1. The monoisotopic (exact) mass is 354 g/mol. The second kappa shape index (κ2) is 6.69. The van der Waals surface area contributed by atoms with Crippen molar-refractivity contribution in [3.8, 4) is 17.1 Å². The van der Waals surface area contributed by atoms with E-state index in [2.05, 4.69) is 20.8 Å². The van der Waals surface area contributed by atoms with Gasteiger partial charge in [-0.15, -0.1) is 0 Å². The molecule has 1 unspecified atom stereocenters. The Morgan fingerprint density at radius 1 is 1.22 bits per heavy atom. The maximum absolute atomic E-state index is 6.38. The number of benzene rings is 1. The zero-order valence-electron chi connectivity index (χ0n) is 12.3. The zero-order valence-corrected chi connectivity index (χ0v) is 13.8. The number of hydrogen-bond donors (Lipinski definition) is 4. The molecule has 1 aliphatic heterocycles. The first kappa shape index (κ1) is 17.5. The number of pyridine rings is 1. The van der Waals surface area contributed by atoms with Crippen molar-refractivity contribution >= 4 is 29.5 Å². The number of rotatable bonds is 3. The Labute approximate surface area is 143 Å². The molecule has 1 aromatic carbocycles. The van der Waals surface area contributed by atoms with Crippen molar-refractivity contribution < 1.29 is 4.74 Å². The predicted octanol–water partition coefficient (Wildman–Crippen LogP) is 2.43. The van der Waals surface area contributed by atoms with Gasteiger partial charge in [0.1, 0.15) is 6.34 Å². The van der Waals surface area contributed by atoms with E-state index in [1.165, 1.54) is 6.34 Å². The molecule has 2 heterocycles. The first-order valence-electron chi connectivity index (χ1n) is 6.40. The van der Waals surface area contributed by atoms with Gasteiger partial charge >= 0.3 is 0 Å². The Morgan fingerprint density at radius 3 is 2.48 bits per heavy atom. The Morgan fingerprint density at radius 2 is 1.91 bits per heavy atom. The summed E-state index contributed by atoms with van der Waals surface area (Å²) < 4.78 is 5.12. The Kier molecular flexibility index (Phi) is 5.08. The SMILES string of the molecule is COc1cccc(-c2c(Cl)cc(C3(N)N=CNN3)cc2Cl)n1.N. The van der Waals surface area contributed by atoms with Crippen molar-refractivity contribution in [2.24, 2.45) is 10.7 Å². The summed E-state index contributed by atoms with van der Waals surface area (Å²) in [6.07, 6.45) is 1.47. The van der Waals surface area contributed by atoms with E-state index in [4.69, 9.17) is 33.7 Å². The minimum absolute atomic E-state index is 0. The topological polar surface area (TPSA) is 120 Å². The number of halogens is 2. The molecule has 122 valence electrons. The number of ether oxygens (including phenoxy) is 1. The molecule has 0 bridgehead atoms. The van der Waals surface area contributed by atoms with E-state index in [1.807, 2.05) is 6.07 Å². The molecule has 3 rings (SSSR count). The van der Waals surface area contributed by atoms with Crippen LogP contribution < -0.4 is 27.5 Å². The molecule has 0 fully saturated rings. The minimum Gasteiger partial charge on any atom is -0.481 e. The molecule has 7 nitrogen and oxygen atoms in total. The molecular weight excluding hydrogens is 339 g/mol. The Balaban J connectivity index is 0.00000192. The lowest BCUT2D eigenvalue weighted by atomic mass is 10.0. The Bertz CT molecular complexity index is 731. The van der Waals surface area contributed by atoms with Gasteiger partial charge in [-0.3, -0.25) is 5.73 Å². The van der Waals surface area contributed by atoms with Crippen molar-refractivity contribution in [1.82, 2.24) is 22.0 Å². The molecule has 0 saturated heterocycles. The summed E-state index contributed by atoms with van der Waals surface area (Å²) in [6.45, 7) is 0. The van der Waals surface area contributed by atoms with Crippen molar-refractivity contribution in [3.05, 3.63) is 45.9 Å². The average molecular weight is 355 g/mol. The highest BCUT2D eigenvalue weighted by Crippen LogP contribution is 2.37. The van der Waals surface area contributed by atoms with Gasteiger partial charge in [-0.05, 0) is 18.2 Å². The van der Waals surface area contributed by atoms with Gasteiger partial charge in [-0.1, -0.05) is 29.3 Å². The summed E-state index contributed by atoms with van der Waals surface area (Å²) in [7, 11) is 1.55. The lowest BCUT2D eigenvalue weighted by molar-refractivity contribution is 0.375. The highest BCUT2D eigenvalue weighted by atomic mass is 35.5. The summed E-state index contributed by atoms with van der Waals surface area (Å²) >= 11 is 12.8. The fourth-order valence-corrected chi connectivity index (χ4v) is 2.84. The molecule has 23 heavy (non-hydrogen) atoms. The van der Waals surface area contributed by atoms with Gasteiger partial charge in [0.2, 0.25) is 11.7 Å². The van der Waals surface area contributed by atoms with Crippen LogP contribution in [0.4, 0.5) is 0 Å². The molecule has 1 aliphatic rings. The first-order valence-corrected chi connectivity index (χ1v) is 7.15. The van der Waals surface area contributed by atoms with Crippen LogP contribution in [0.2, 0.25) is 10.0 Å². The lowest BCUT2D eigenvalue weighted by Gasteiger charge is -2.22.